The van der Waals surface area contributed by atoms with Crippen LogP contribution in [0.2, 0.25) is 0 Å². The minimum absolute atomic E-state index is 0.304. The number of hydrogen-bond acceptors (Lipinski definition) is 5. The zero-order valence-corrected chi connectivity index (χ0v) is 17.8. The van der Waals surface area contributed by atoms with Crippen LogP contribution in [0.3, 0.4) is 0 Å². The molecule has 0 aliphatic rings. The number of carbonyl (C=O) groups is 1. The third-order valence-electron chi connectivity index (χ3n) is 4.84. The number of rotatable bonds is 8. The maximum Gasteiger partial charge on any atom is 0.338 e. The van der Waals surface area contributed by atoms with Crippen LogP contribution >= 0.6 is 0 Å². The van der Waals surface area contributed by atoms with Crippen molar-refractivity contribution in [1.82, 2.24) is 4.98 Å². The molecule has 5 nitrogen and oxygen atoms in total. The highest BCUT2D eigenvalue weighted by molar-refractivity contribution is 5.98. The number of pyridine rings is 1. The maximum absolute atomic E-state index is 12.6. The molecule has 0 fully saturated rings. The highest BCUT2D eigenvalue weighted by atomic mass is 16.5. The molecule has 0 bridgehead atoms. The molecule has 3 aromatic carbocycles. The highest BCUT2D eigenvalue weighted by Gasteiger charge is 2.18. The van der Waals surface area contributed by atoms with Crippen LogP contribution in [0, 0.1) is 0 Å². The van der Waals surface area contributed by atoms with Gasteiger partial charge in [0.05, 0.1) is 24.1 Å². The number of aromatic nitrogens is 1. The lowest BCUT2D eigenvalue weighted by Gasteiger charge is -2.15. The molecular weight excluding hydrogens is 400 g/mol. The van der Waals surface area contributed by atoms with Crippen molar-refractivity contribution in [3.05, 3.63) is 108 Å². The molecule has 5 heteroatoms. The average molecular weight is 425 g/mol. The van der Waals surface area contributed by atoms with Gasteiger partial charge in [-0.1, -0.05) is 66.7 Å². The normalized spacial score (nSPS) is 10.4. The molecule has 1 aromatic heterocycles. The van der Waals surface area contributed by atoms with Crippen molar-refractivity contribution in [1.29, 1.82) is 0 Å². The Hall–Kier alpha value is -4.12. The van der Waals surface area contributed by atoms with E-state index in [4.69, 9.17) is 9.47 Å². The van der Waals surface area contributed by atoms with Gasteiger partial charge in [-0.05, 0) is 36.8 Å². The number of anilines is 2. The van der Waals surface area contributed by atoms with E-state index in [0.717, 1.165) is 16.9 Å². The number of ether oxygens (including phenoxy) is 2. The zero-order chi connectivity index (χ0) is 22.2. The molecule has 4 aromatic rings. The smallest absolute Gasteiger partial charge is 0.338 e. The fourth-order valence-electron chi connectivity index (χ4n) is 3.35. The van der Waals surface area contributed by atoms with Gasteiger partial charge in [-0.3, -0.25) is 0 Å². The Morgan fingerprint density at radius 1 is 0.844 bits per heavy atom. The standard InChI is InChI=1S/C27H24N2O3/c1-2-31-27(30)24-16-10-9-15-23(24)25-17-22(29-21-13-7-4-8-14-21)18-28-26(25)32-19-20-11-5-3-6-12-20/h3-18,29H,2,19H2,1H3. The van der Waals surface area contributed by atoms with Crippen LogP contribution in [0.4, 0.5) is 11.4 Å². The Kier molecular flexibility index (Phi) is 6.78. The van der Waals surface area contributed by atoms with E-state index in [1.807, 2.05) is 84.9 Å². The maximum atomic E-state index is 12.6. The molecule has 0 saturated heterocycles. The lowest BCUT2D eigenvalue weighted by molar-refractivity contribution is 0.0527. The first kappa shape index (κ1) is 21.1. The number of hydrogen-bond donors (Lipinski definition) is 1. The Balaban J connectivity index is 1.73. The highest BCUT2D eigenvalue weighted by Crippen LogP contribution is 2.34. The molecular formula is C27H24N2O3. The minimum atomic E-state index is -0.376. The molecule has 0 radical (unpaired) electrons. The first-order valence-corrected chi connectivity index (χ1v) is 10.5. The van der Waals surface area contributed by atoms with Crippen molar-refractivity contribution in [2.24, 2.45) is 0 Å². The molecule has 0 atom stereocenters. The third-order valence-corrected chi connectivity index (χ3v) is 4.84. The summed E-state index contributed by atoms with van der Waals surface area (Å²) in [5.74, 6) is 0.0720. The van der Waals surface area contributed by atoms with Crippen molar-refractivity contribution in [2.45, 2.75) is 13.5 Å². The van der Waals surface area contributed by atoms with Gasteiger partial charge in [-0.15, -0.1) is 0 Å². The largest absolute Gasteiger partial charge is 0.472 e. The molecule has 1 heterocycles. The number of nitrogens with one attached hydrogen (secondary N) is 1. The van der Waals surface area contributed by atoms with Gasteiger partial charge < -0.3 is 14.8 Å². The molecule has 0 saturated carbocycles. The van der Waals surface area contributed by atoms with E-state index in [0.29, 0.717) is 35.8 Å². The number of para-hydroxylation sites is 1. The Morgan fingerprint density at radius 3 is 2.28 bits per heavy atom. The van der Waals surface area contributed by atoms with Gasteiger partial charge in [0.2, 0.25) is 5.88 Å². The summed E-state index contributed by atoms with van der Waals surface area (Å²) in [6.45, 7) is 2.47. The summed E-state index contributed by atoms with van der Waals surface area (Å²) in [6, 6.07) is 29.0. The molecule has 160 valence electrons. The predicted molar refractivity (Wildman–Crippen MR) is 126 cm³/mol. The lowest BCUT2D eigenvalue weighted by Crippen LogP contribution is -2.07. The summed E-state index contributed by atoms with van der Waals surface area (Å²) in [4.78, 5) is 17.2. The molecule has 1 N–H and O–H groups in total. The number of esters is 1. The molecule has 0 unspecified atom stereocenters. The SMILES string of the molecule is CCOC(=O)c1ccccc1-c1cc(Nc2ccccc2)cnc1OCc1ccccc1. The third kappa shape index (κ3) is 5.13. The van der Waals surface area contributed by atoms with E-state index in [9.17, 15) is 4.79 Å². The summed E-state index contributed by atoms with van der Waals surface area (Å²) in [6.07, 6.45) is 1.73. The second-order valence-electron chi connectivity index (χ2n) is 7.11. The van der Waals surface area contributed by atoms with Gasteiger partial charge in [0.25, 0.3) is 0 Å². The van der Waals surface area contributed by atoms with Crippen molar-refractivity contribution in [2.75, 3.05) is 11.9 Å². The Labute approximate surface area is 187 Å². The van der Waals surface area contributed by atoms with Crippen LogP contribution in [-0.2, 0) is 11.3 Å². The van der Waals surface area contributed by atoms with Crippen molar-refractivity contribution < 1.29 is 14.3 Å². The second-order valence-corrected chi connectivity index (χ2v) is 7.11. The predicted octanol–water partition coefficient (Wildman–Crippen LogP) is 6.25. The quantitative estimate of drug-likeness (QED) is 0.339. The van der Waals surface area contributed by atoms with E-state index < -0.39 is 0 Å². The topological polar surface area (TPSA) is 60.5 Å². The fourth-order valence-corrected chi connectivity index (χ4v) is 3.35. The summed E-state index contributed by atoms with van der Waals surface area (Å²) in [5, 5.41) is 3.35. The first-order chi connectivity index (χ1) is 15.7. The molecule has 4 rings (SSSR count). The zero-order valence-electron chi connectivity index (χ0n) is 17.8. The first-order valence-electron chi connectivity index (χ1n) is 10.5. The molecule has 0 spiro atoms. The minimum Gasteiger partial charge on any atom is -0.472 e. The van der Waals surface area contributed by atoms with Gasteiger partial charge in [0.1, 0.15) is 6.61 Å². The molecule has 0 aliphatic heterocycles. The second kappa shape index (κ2) is 10.3. The van der Waals surface area contributed by atoms with E-state index in [1.165, 1.54) is 0 Å². The van der Waals surface area contributed by atoms with Crippen LogP contribution in [-0.4, -0.2) is 17.6 Å². The van der Waals surface area contributed by atoms with E-state index in [2.05, 4.69) is 10.3 Å². The Bertz CT molecular complexity index is 1180. The van der Waals surface area contributed by atoms with Gasteiger partial charge in [0.15, 0.2) is 0 Å². The summed E-state index contributed by atoms with van der Waals surface area (Å²) < 4.78 is 11.4. The van der Waals surface area contributed by atoms with Gasteiger partial charge in [-0.2, -0.15) is 0 Å². The Morgan fingerprint density at radius 2 is 1.53 bits per heavy atom. The van der Waals surface area contributed by atoms with Crippen LogP contribution in [0.1, 0.15) is 22.8 Å². The van der Waals surface area contributed by atoms with Crippen LogP contribution in [0.25, 0.3) is 11.1 Å². The van der Waals surface area contributed by atoms with Gasteiger partial charge >= 0.3 is 5.97 Å². The van der Waals surface area contributed by atoms with E-state index in [1.54, 1.807) is 19.2 Å². The van der Waals surface area contributed by atoms with Crippen LogP contribution < -0.4 is 10.1 Å². The lowest BCUT2D eigenvalue weighted by atomic mass is 10.00. The van der Waals surface area contributed by atoms with Crippen molar-refractivity contribution >= 4 is 17.3 Å². The van der Waals surface area contributed by atoms with Crippen molar-refractivity contribution in [3.63, 3.8) is 0 Å². The van der Waals surface area contributed by atoms with E-state index in [-0.39, 0.29) is 5.97 Å². The summed E-state index contributed by atoms with van der Waals surface area (Å²) in [7, 11) is 0. The number of carbonyl (C=O) groups excluding carboxylic acids is 1. The molecule has 0 aliphatic carbocycles. The molecule has 0 amide bonds. The average Bonchev–Trinajstić information content (AvgIpc) is 2.84. The van der Waals surface area contributed by atoms with Crippen LogP contribution in [0.15, 0.2) is 97.2 Å². The summed E-state index contributed by atoms with van der Waals surface area (Å²) >= 11 is 0. The number of nitrogens with zero attached hydrogens (tertiary/aromatic N) is 1. The van der Waals surface area contributed by atoms with E-state index >= 15 is 0 Å². The molecule has 32 heavy (non-hydrogen) atoms. The summed E-state index contributed by atoms with van der Waals surface area (Å²) in [5.41, 5.74) is 4.65. The monoisotopic (exact) mass is 424 g/mol. The number of benzene rings is 3. The van der Waals surface area contributed by atoms with Crippen LogP contribution in [0.5, 0.6) is 5.88 Å². The van der Waals surface area contributed by atoms with Gasteiger partial charge in [0, 0.05) is 16.8 Å². The fraction of sp³-hybridized carbons (Fsp3) is 0.111. The van der Waals surface area contributed by atoms with Gasteiger partial charge in [-0.25, -0.2) is 9.78 Å². The van der Waals surface area contributed by atoms with Crippen molar-refractivity contribution in [3.8, 4) is 17.0 Å².